The molecule has 0 spiro atoms. The molecule has 0 amide bonds. The standard InChI is InChI=1S/C39H26N2O5/c1-25(40-46-39(44)28-11-6-3-7-12-28)37(42)30-17-21-35-33(24-30)32-23-29(36-13-8-22-45-36)16-20-34(32)41(35)31-18-14-27(15-19-31)38(43)26-9-4-2-5-10-26/h2-24H,1H3. The van der Waals surface area contributed by atoms with Gasteiger partial charge in [-0.2, -0.15) is 0 Å². The minimum atomic E-state index is -0.645. The molecular weight excluding hydrogens is 576 g/mol. The topological polar surface area (TPSA) is 90.9 Å². The van der Waals surface area contributed by atoms with E-state index in [4.69, 9.17) is 9.25 Å². The first-order chi connectivity index (χ1) is 22.5. The van der Waals surface area contributed by atoms with Crippen molar-refractivity contribution in [3.63, 3.8) is 0 Å². The summed E-state index contributed by atoms with van der Waals surface area (Å²) in [5.74, 6) is -0.336. The first-order valence-electron chi connectivity index (χ1n) is 14.7. The van der Waals surface area contributed by atoms with Crippen molar-refractivity contribution in [1.82, 2.24) is 4.57 Å². The fraction of sp³-hybridized carbons (Fsp3) is 0.0256. The predicted molar refractivity (Wildman–Crippen MR) is 178 cm³/mol. The Morgan fingerprint density at radius 1 is 0.630 bits per heavy atom. The predicted octanol–water partition coefficient (Wildman–Crippen LogP) is 8.69. The van der Waals surface area contributed by atoms with Gasteiger partial charge in [-0.3, -0.25) is 9.59 Å². The molecule has 0 radical (unpaired) electrons. The Labute approximate surface area is 264 Å². The van der Waals surface area contributed by atoms with Gasteiger partial charge in [0.25, 0.3) is 0 Å². The van der Waals surface area contributed by atoms with Crippen LogP contribution in [0.2, 0.25) is 0 Å². The molecule has 2 heterocycles. The van der Waals surface area contributed by atoms with Gasteiger partial charge in [-0.05, 0) is 91.9 Å². The largest absolute Gasteiger partial charge is 0.464 e. The van der Waals surface area contributed by atoms with Crippen LogP contribution in [0.4, 0.5) is 0 Å². The maximum absolute atomic E-state index is 13.4. The number of furan rings is 1. The fourth-order valence-electron chi connectivity index (χ4n) is 5.54. The summed E-state index contributed by atoms with van der Waals surface area (Å²) in [6.45, 7) is 1.52. The highest BCUT2D eigenvalue weighted by Crippen LogP contribution is 2.36. The van der Waals surface area contributed by atoms with Crippen LogP contribution in [0.3, 0.4) is 0 Å². The molecule has 0 unspecified atom stereocenters. The molecule has 5 aromatic carbocycles. The minimum Gasteiger partial charge on any atom is -0.464 e. The van der Waals surface area contributed by atoms with Crippen LogP contribution in [0.15, 0.2) is 149 Å². The Balaban J connectivity index is 1.29. The highest BCUT2D eigenvalue weighted by molar-refractivity contribution is 6.45. The van der Waals surface area contributed by atoms with Gasteiger partial charge >= 0.3 is 5.97 Å². The van der Waals surface area contributed by atoms with E-state index in [0.29, 0.717) is 22.3 Å². The molecule has 0 saturated carbocycles. The van der Waals surface area contributed by atoms with Crippen molar-refractivity contribution in [2.45, 2.75) is 6.92 Å². The van der Waals surface area contributed by atoms with E-state index in [1.165, 1.54) is 6.92 Å². The summed E-state index contributed by atoms with van der Waals surface area (Å²) in [6, 6.07) is 40.4. The monoisotopic (exact) mass is 602 g/mol. The Hall–Kier alpha value is -6.34. The molecule has 0 fully saturated rings. The van der Waals surface area contributed by atoms with Crippen molar-refractivity contribution in [3.8, 4) is 17.0 Å². The van der Waals surface area contributed by atoms with Gasteiger partial charge in [0.05, 0.1) is 22.9 Å². The molecule has 0 aliphatic rings. The molecule has 0 atom stereocenters. The number of carbonyl (C=O) groups excluding carboxylic acids is 3. The van der Waals surface area contributed by atoms with Crippen LogP contribution in [0.5, 0.6) is 0 Å². The smallest absolute Gasteiger partial charge is 0.365 e. The number of fused-ring (bicyclic) bond motifs is 3. The Bertz CT molecular complexity index is 2270. The molecule has 7 rings (SSSR count). The van der Waals surface area contributed by atoms with Crippen LogP contribution in [0.25, 0.3) is 38.8 Å². The van der Waals surface area contributed by atoms with Crippen molar-refractivity contribution >= 4 is 45.1 Å². The number of rotatable bonds is 8. The lowest BCUT2D eigenvalue weighted by atomic mass is 10.0. The minimum absolute atomic E-state index is 0.0438. The molecular formula is C39H26N2O5. The highest BCUT2D eigenvalue weighted by Gasteiger charge is 2.19. The van der Waals surface area contributed by atoms with Gasteiger partial charge in [0.2, 0.25) is 5.78 Å². The zero-order valence-electron chi connectivity index (χ0n) is 24.7. The number of hydrogen-bond acceptors (Lipinski definition) is 6. The van der Waals surface area contributed by atoms with Crippen molar-refractivity contribution < 1.29 is 23.6 Å². The summed E-state index contributed by atoms with van der Waals surface area (Å²) < 4.78 is 7.77. The number of ketones is 2. The van der Waals surface area contributed by atoms with Gasteiger partial charge in [-0.15, -0.1) is 0 Å². The van der Waals surface area contributed by atoms with Crippen LogP contribution in [-0.2, 0) is 4.84 Å². The molecule has 0 bridgehead atoms. The van der Waals surface area contributed by atoms with Crippen LogP contribution in [0.1, 0.15) is 43.6 Å². The number of Topliss-reactive ketones (excluding diaryl/α,β-unsaturated/α-hetero) is 1. The number of nitrogens with zero attached hydrogens (tertiary/aromatic N) is 2. The second kappa shape index (κ2) is 12.0. The zero-order valence-corrected chi connectivity index (χ0v) is 24.7. The number of oxime groups is 1. The van der Waals surface area contributed by atoms with Crippen LogP contribution >= 0.6 is 0 Å². The summed E-state index contributed by atoms with van der Waals surface area (Å²) in [5.41, 5.74) is 5.54. The van der Waals surface area contributed by atoms with E-state index in [-0.39, 0.29) is 17.3 Å². The van der Waals surface area contributed by atoms with E-state index in [1.54, 1.807) is 54.8 Å². The third-order valence-corrected chi connectivity index (χ3v) is 7.86. The summed E-state index contributed by atoms with van der Waals surface area (Å²) in [5, 5.41) is 5.59. The van der Waals surface area contributed by atoms with E-state index >= 15 is 0 Å². The van der Waals surface area contributed by atoms with Gasteiger partial charge in [-0.1, -0.05) is 53.7 Å². The molecule has 46 heavy (non-hydrogen) atoms. The molecule has 0 aliphatic carbocycles. The van der Waals surface area contributed by atoms with Crippen molar-refractivity contribution in [2.24, 2.45) is 5.16 Å². The van der Waals surface area contributed by atoms with Gasteiger partial charge in [0, 0.05) is 38.7 Å². The van der Waals surface area contributed by atoms with Crippen LogP contribution in [-0.4, -0.2) is 27.8 Å². The second-order valence-corrected chi connectivity index (χ2v) is 10.8. The summed E-state index contributed by atoms with van der Waals surface area (Å²) in [4.78, 5) is 43.9. The molecule has 0 N–H and O–H groups in total. The van der Waals surface area contributed by atoms with Crippen molar-refractivity contribution in [1.29, 1.82) is 0 Å². The third-order valence-electron chi connectivity index (χ3n) is 7.86. The van der Waals surface area contributed by atoms with E-state index in [0.717, 1.165) is 38.8 Å². The Morgan fingerprint density at radius 2 is 1.24 bits per heavy atom. The lowest BCUT2D eigenvalue weighted by Gasteiger charge is -2.10. The molecule has 2 aromatic heterocycles. The van der Waals surface area contributed by atoms with Crippen LogP contribution in [0, 0.1) is 0 Å². The highest BCUT2D eigenvalue weighted by atomic mass is 16.7. The quantitative estimate of drug-likeness (QED) is 0.0751. The molecule has 7 heteroatoms. The number of carbonyl (C=O) groups is 3. The number of hydrogen-bond donors (Lipinski definition) is 0. The molecule has 7 aromatic rings. The molecule has 0 aliphatic heterocycles. The van der Waals surface area contributed by atoms with E-state index in [9.17, 15) is 14.4 Å². The average Bonchev–Trinajstić information content (AvgIpc) is 3.77. The Kier molecular flexibility index (Phi) is 7.40. The summed E-state index contributed by atoms with van der Waals surface area (Å²) in [7, 11) is 0. The first-order valence-corrected chi connectivity index (χ1v) is 14.7. The lowest BCUT2D eigenvalue weighted by Crippen LogP contribution is -2.12. The maximum Gasteiger partial charge on any atom is 0.365 e. The number of benzene rings is 5. The number of aromatic nitrogens is 1. The van der Waals surface area contributed by atoms with E-state index in [2.05, 4.69) is 9.72 Å². The summed E-state index contributed by atoms with van der Waals surface area (Å²) >= 11 is 0. The van der Waals surface area contributed by atoms with Gasteiger partial charge in [-0.25, -0.2) is 4.79 Å². The van der Waals surface area contributed by atoms with Gasteiger partial charge in [0.1, 0.15) is 11.5 Å². The van der Waals surface area contributed by atoms with Crippen molar-refractivity contribution in [2.75, 3.05) is 0 Å². The lowest BCUT2D eigenvalue weighted by molar-refractivity contribution is 0.0515. The van der Waals surface area contributed by atoms with Crippen LogP contribution < -0.4 is 0 Å². The molecule has 7 nitrogen and oxygen atoms in total. The van der Waals surface area contributed by atoms with Gasteiger partial charge in [0.15, 0.2) is 5.78 Å². The third kappa shape index (κ3) is 5.31. The van der Waals surface area contributed by atoms with Crippen molar-refractivity contribution in [3.05, 3.63) is 162 Å². The average molecular weight is 603 g/mol. The van der Waals surface area contributed by atoms with E-state index in [1.807, 2.05) is 84.9 Å². The normalized spacial score (nSPS) is 11.5. The molecule has 0 saturated heterocycles. The second-order valence-electron chi connectivity index (χ2n) is 10.8. The van der Waals surface area contributed by atoms with Gasteiger partial charge < -0.3 is 13.8 Å². The Morgan fingerprint density at radius 3 is 1.91 bits per heavy atom. The SMILES string of the molecule is CC(=NOC(=O)c1ccccc1)C(=O)c1ccc2c(c1)c1cc(-c3ccco3)ccc1n2-c1ccc(C(=O)c2ccccc2)cc1. The van der Waals surface area contributed by atoms with E-state index < -0.39 is 5.97 Å². The first kappa shape index (κ1) is 28.4. The fourth-order valence-corrected chi connectivity index (χ4v) is 5.54. The summed E-state index contributed by atoms with van der Waals surface area (Å²) in [6.07, 6.45) is 1.63. The molecule has 222 valence electrons. The zero-order chi connectivity index (χ0) is 31.6. The maximum atomic E-state index is 13.4.